The molecule has 3 N–H and O–H groups in total. The number of esters is 2. The summed E-state index contributed by atoms with van der Waals surface area (Å²) >= 11 is 0. The van der Waals surface area contributed by atoms with Gasteiger partial charge in [0.25, 0.3) is 0 Å². The third-order valence-corrected chi connectivity index (χ3v) is 11.6. The fourth-order valence-corrected chi connectivity index (χ4v) is 7.72. The molecule has 0 aromatic rings. The van der Waals surface area contributed by atoms with E-state index in [1.165, 1.54) is 154 Å². The van der Waals surface area contributed by atoms with Crippen molar-refractivity contribution in [3.8, 4) is 0 Å². The molecule has 0 amide bonds. The average molecular weight is 847 g/mol. The zero-order valence-electron chi connectivity index (χ0n) is 37.5. The Morgan fingerprint density at radius 2 is 0.845 bits per heavy atom. The Bertz CT molecular complexity index is 977. The topological polar surface area (TPSA) is 149 Å². The number of aliphatic hydroxyl groups is 2. The molecule has 1 unspecified atom stereocenters. The SMILES string of the molecule is CCCCCCCC/C=C\CCCCCCCCCC(=O)O[C@H](COC(=O)CCCCCCCCCCCCCCCCCCCC)COP(=O)(O)OC[C@@H](O)CO. The molecule has 0 rings (SSSR count). The molecular weight excluding hydrogens is 755 g/mol. The maximum absolute atomic E-state index is 12.6. The van der Waals surface area contributed by atoms with Gasteiger partial charge in [-0.05, 0) is 38.5 Å². The molecule has 0 bridgehead atoms. The van der Waals surface area contributed by atoms with E-state index in [2.05, 4.69) is 26.0 Å². The van der Waals surface area contributed by atoms with Crippen LogP contribution in [0.2, 0.25) is 0 Å². The van der Waals surface area contributed by atoms with Crippen molar-refractivity contribution >= 4 is 19.8 Å². The molecule has 0 spiro atoms. The number of carbonyl (C=O) groups excluding carboxylic acids is 2. The van der Waals surface area contributed by atoms with Crippen molar-refractivity contribution in [3.05, 3.63) is 12.2 Å². The van der Waals surface area contributed by atoms with Crippen molar-refractivity contribution in [1.29, 1.82) is 0 Å². The molecule has 0 aromatic heterocycles. The van der Waals surface area contributed by atoms with Crippen molar-refractivity contribution in [2.75, 3.05) is 26.4 Å². The van der Waals surface area contributed by atoms with E-state index in [1.54, 1.807) is 0 Å². The van der Waals surface area contributed by atoms with E-state index in [4.69, 9.17) is 23.6 Å². The highest BCUT2D eigenvalue weighted by molar-refractivity contribution is 7.47. The van der Waals surface area contributed by atoms with Gasteiger partial charge in [-0.3, -0.25) is 18.6 Å². The molecule has 0 heterocycles. The highest BCUT2D eigenvalue weighted by atomic mass is 31.2. The molecule has 0 aromatic carbocycles. The van der Waals surface area contributed by atoms with Crippen LogP contribution in [0, 0.1) is 0 Å². The maximum Gasteiger partial charge on any atom is 0.472 e. The highest BCUT2D eigenvalue weighted by Gasteiger charge is 2.27. The molecule has 11 heteroatoms. The summed E-state index contributed by atoms with van der Waals surface area (Å²) in [5.41, 5.74) is 0. The van der Waals surface area contributed by atoms with Gasteiger partial charge in [0, 0.05) is 12.8 Å². The second-order valence-corrected chi connectivity index (χ2v) is 17.9. The molecule has 0 saturated heterocycles. The van der Waals surface area contributed by atoms with Crippen LogP contribution in [0.1, 0.15) is 239 Å². The predicted octanol–water partition coefficient (Wildman–Crippen LogP) is 13.2. The zero-order valence-corrected chi connectivity index (χ0v) is 38.4. The zero-order chi connectivity index (χ0) is 42.6. The number of phosphoric acid groups is 1. The largest absolute Gasteiger partial charge is 0.472 e. The van der Waals surface area contributed by atoms with Gasteiger partial charge in [-0.25, -0.2) is 4.57 Å². The minimum atomic E-state index is -4.62. The van der Waals surface area contributed by atoms with Crippen LogP contribution in [0.4, 0.5) is 0 Å². The normalized spacial score (nSPS) is 13.8. The van der Waals surface area contributed by atoms with E-state index >= 15 is 0 Å². The number of unbranched alkanes of at least 4 members (excludes halogenated alkanes) is 30. The van der Waals surface area contributed by atoms with Crippen molar-refractivity contribution in [2.45, 2.75) is 251 Å². The number of carbonyl (C=O) groups is 2. The Kier molecular flexibility index (Phi) is 42.8. The van der Waals surface area contributed by atoms with Crippen LogP contribution in [0.3, 0.4) is 0 Å². The lowest BCUT2D eigenvalue weighted by Crippen LogP contribution is -2.29. The third kappa shape index (κ3) is 42.8. The molecule has 0 aliphatic carbocycles. The summed E-state index contributed by atoms with van der Waals surface area (Å²) in [6.45, 7) is 2.42. The van der Waals surface area contributed by atoms with E-state index < -0.39 is 51.8 Å². The first-order valence-corrected chi connectivity index (χ1v) is 25.6. The number of ether oxygens (including phenoxy) is 2. The van der Waals surface area contributed by atoms with E-state index in [9.17, 15) is 24.2 Å². The van der Waals surface area contributed by atoms with Crippen LogP contribution in [-0.4, -0.2) is 65.7 Å². The van der Waals surface area contributed by atoms with Gasteiger partial charge in [0.05, 0.1) is 19.8 Å². The van der Waals surface area contributed by atoms with Crippen molar-refractivity contribution < 1.29 is 47.8 Å². The first-order valence-electron chi connectivity index (χ1n) is 24.1. The Morgan fingerprint density at radius 3 is 1.24 bits per heavy atom. The van der Waals surface area contributed by atoms with Gasteiger partial charge in [-0.15, -0.1) is 0 Å². The monoisotopic (exact) mass is 847 g/mol. The summed E-state index contributed by atoms with van der Waals surface area (Å²) in [6.07, 6.45) is 43.1. The van der Waals surface area contributed by atoms with Gasteiger partial charge in [-0.1, -0.05) is 199 Å². The van der Waals surface area contributed by atoms with Gasteiger partial charge < -0.3 is 24.6 Å². The summed E-state index contributed by atoms with van der Waals surface area (Å²) in [5.74, 6) is -0.915. The third-order valence-electron chi connectivity index (χ3n) is 10.7. The van der Waals surface area contributed by atoms with Crippen LogP contribution >= 0.6 is 7.82 Å². The van der Waals surface area contributed by atoms with Crippen LogP contribution in [0.5, 0.6) is 0 Å². The van der Waals surface area contributed by atoms with Gasteiger partial charge in [-0.2, -0.15) is 0 Å². The summed E-state index contributed by atoms with van der Waals surface area (Å²) in [5, 5.41) is 18.4. The molecule has 3 atom stereocenters. The van der Waals surface area contributed by atoms with Gasteiger partial charge >= 0.3 is 19.8 Å². The van der Waals surface area contributed by atoms with Crippen molar-refractivity contribution in [3.63, 3.8) is 0 Å². The Hall–Kier alpha value is -1.29. The molecule has 344 valence electrons. The maximum atomic E-state index is 12.6. The average Bonchev–Trinajstić information content (AvgIpc) is 3.21. The smallest absolute Gasteiger partial charge is 0.462 e. The fourth-order valence-electron chi connectivity index (χ4n) is 6.93. The first kappa shape index (κ1) is 56.7. The Balaban J connectivity index is 4.19. The predicted molar refractivity (Wildman–Crippen MR) is 238 cm³/mol. The molecule has 0 fully saturated rings. The number of phosphoric ester groups is 1. The number of hydrogen-bond acceptors (Lipinski definition) is 9. The number of allylic oxidation sites excluding steroid dienone is 2. The molecule has 10 nitrogen and oxygen atoms in total. The van der Waals surface area contributed by atoms with Gasteiger partial charge in [0.1, 0.15) is 12.7 Å². The Morgan fingerprint density at radius 1 is 0.500 bits per heavy atom. The van der Waals surface area contributed by atoms with Gasteiger partial charge in [0.2, 0.25) is 0 Å². The van der Waals surface area contributed by atoms with Gasteiger partial charge in [0.15, 0.2) is 6.10 Å². The van der Waals surface area contributed by atoms with Crippen LogP contribution in [-0.2, 0) is 32.7 Å². The minimum Gasteiger partial charge on any atom is -0.462 e. The molecule has 0 saturated carbocycles. The summed E-state index contributed by atoms with van der Waals surface area (Å²) in [6, 6.07) is 0. The van der Waals surface area contributed by atoms with Crippen LogP contribution < -0.4 is 0 Å². The number of hydrogen-bond donors (Lipinski definition) is 3. The molecule has 0 aliphatic heterocycles. The van der Waals surface area contributed by atoms with E-state index in [-0.39, 0.29) is 19.4 Å². The van der Waals surface area contributed by atoms with Crippen LogP contribution in [0.25, 0.3) is 0 Å². The standard InChI is InChI=1S/C47H91O10P/c1-3-5-7-9-11-13-15-17-19-21-23-24-26-28-30-32-34-36-38-46(50)54-42-45(43-56-58(52,53)55-41-44(49)40-48)57-47(51)39-37-35-33-31-29-27-25-22-20-18-16-14-12-10-8-6-4-2/h18,20,44-45,48-49H,3-17,19,21-43H2,1-2H3,(H,52,53)/b20-18-/t44-,45+/m0/s1. The second kappa shape index (κ2) is 43.8. The molecule has 0 aliphatic rings. The molecule has 0 radical (unpaired) electrons. The summed E-state index contributed by atoms with van der Waals surface area (Å²) in [7, 11) is -4.62. The van der Waals surface area contributed by atoms with E-state index in [0.717, 1.165) is 44.9 Å². The lowest BCUT2D eigenvalue weighted by Gasteiger charge is -2.20. The fraction of sp³-hybridized carbons (Fsp3) is 0.915. The Labute approximate surface area is 356 Å². The lowest BCUT2D eigenvalue weighted by molar-refractivity contribution is -0.161. The number of aliphatic hydroxyl groups excluding tert-OH is 2. The quantitative estimate of drug-likeness (QED) is 0.0234. The van der Waals surface area contributed by atoms with Crippen molar-refractivity contribution in [2.24, 2.45) is 0 Å². The number of rotatable bonds is 46. The lowest BCUT2D eigenvalue weighted by atomic mass is 10.0. The minimum absolute atomic E-state index is 0.184. The van der Waals surface area contributed by atoms with E-state index in [0.29, 0.717) is 12.8 Å². The van der Waals surface area contributed by atoms with Crippen LogP contribution in [0.15, 0.2) is 12.2 Å². The molecular formula is C47H91O10P. The van der Waals surface area contributed by atoms with Crippen molar-refractivity contribution in [1.82, 2.24) is 0 Å². The summed E-state index contributed by atoms with van der Waals surface area (Å²) in [4.78, 5) is 35.1. The second-order valence-electron chi connectivity index (χ2n) is 16.5. The van der Waals surface area contributed by atoms with E-state index in [1.807, 2.05) is 0 Å². The first-order chi connectivity index (χ1) is 28.2. The molecule has 58 heavy (non-hydrogen) atoms. The highest BCUT2D eigenvalue weighted by Crippen LogP contribution is 2.43. The summed E-state index contributed by atoms with van der Waals surface area (Å²) < 4.78 is 32.8.